The van der Waals surface area contributed by atoms with Crippen LogP contribution in [0, 0.1) is 21.4 Å². The Morgan fingerprint density at radius 2 is 1.98 bits per heavy atom. The number of rotatable bonds is 11. The number of nitrogens with one attached hydrogen (secondary N) is 1. The zero-order valence-corrected chi connectivity index (χ0v) is 21.9. The summed E-state index contributed by atoms with van der Waals surface area (Å²) in [7, 11) is 1.91. The minimum absolute atomic E-state index is 0.0938. The van der Waals surface area contributed by atoms with E-state index in [4.69, 9.17) is 14.2 Å². The fourth-order valence-corrected chi connectivity index (χ4v) is 3.81. The molecule has 0 radical (unpaired) electrons. The van der Waals surface area contributed by atoms with E-state index >= 15 is 0 Å². The first-order valence-electron chi connectivity index (χ1n) is 12.1. The monoisotopic (exact) mass is 561 g/mol. The summed E-state index contributed by atoms with van der Waals surface area (Å²) in [6, 6.07) is 11.7. The molecule has 0 amide bonds. The smallest absolute Gasteiger partial charge is 0.373 e. The van der Waals surface area contributed by atoms with Crippen molar-refractivity contribution in [2.75, 3.05) is 38.6 Å². The van der Waals surface area contributed by atoms with Gasteiger partial charge in [0.2, 0.25) is 5.82 Å². The summed E-state index contributed by atoms with van der Waals surface area (Å²) in [4.78, 5) is 49.4. The molecule has 0 saturated heterocycles. The number of carboxylic acid groups (broad SMARTS) is 1. The van der Waals surface area contributed by atoms with E-state index in [1.165, 1.54) is 12.1 Å². The van der Waals surface area contributed by atoms with Gasteiger partial charge in [0, 0.05) is 19.2 Å². The van der Waals surface area contributed by atoms with Crippen LogP contribution in [0.15, 0.2) is 47.5 Å². The number of benzene rings is 2. The van der Waals surface area contributed by atoms with Crippen molar-refractivity contribution in [2.24, 2.45) is 4.99 Å². The van der Waals surface area contributed by atoms with Gasteiger partial charge in [-0.15, -0.1) is 0 Å². The van der Waals surface area contributed by atoms with E-state index in [2.05, 4.69) is 20.3 Å². The molecule has 0 atom stereocenters. The molecule has 2 N–H and O–H groups in total. The number of nitriles is 1. The highest BCUT2D eigenvalue weighted by Crippen LogP contribution is 2.38. The molecule has 0 spiro atoms. The van der Waals surface area contributed by atoms with Crippen molar-refractivity contribution in [2.45, 2.75) is 6.92 Å². The number of aromatic carboxylic acids is 1. The third kappa shape index (κ3) is 6.63. The Labute approximate surface area is 232 Å². The number of nitro groups is 1. The average molecular weight is 562 g/mol. The molecule has 15 nitrogen and oxygen atoms in total. The molecule has 1 aliphatic rings. The van der Waals surface area contributed by atoms with Gasteiger partial charge in [-0.3, -0.25) is 19.9 Å². The summed E-state index contributed by atoms with van der Waals surface area (Å²) in [5.74, 6) is -2.23. The maximum absolute atomic E-state index is 12.1. The number of esters is 1. The first-order valence-corrected chi connectivity index (χ1v) is 12.1. The van der Waals surface area contributed by atoms with E-state index in [0.29, 0.717) is 6.54 Å². The van der Waals surface area contributed by atoms with E-state index in [1.54, 1.807) is 31.2 Å². The largest absolute Gasteiger partial charge is 0.478 e. The van der Waals surface area contributed by atoms with Crippen molar-refractivity contribution in [3.8, 4) is 29.5 Å². The van der Waals surface area contributed by atoms with Crippen LogP contribution in [0.2, 0.25) is 0 Å². The Morgan fingerprint density at radius 3 is 2.63 bits per heavy atom. The normalized spacial score (nSPS) is 12.2. The van der Waals surface area contributed by atoms with Crippen LogP contribution >= 0.6 is 0 Å². The summed E-state index contributed by atoms with van der Waals surface area (Å²) in [5, 5.41) is 33.2. The standard InChI is InChI=1S/C26H23N7O8/c1-3-39-20(34)14-29-22-21(33(37)38)24(40-18-8-7-16(13-27)19(12-18)25(35)36)31-26(30-22)41-17-6-4-5-15(11-17)23-28-9-10-32(23)2/h4-8,11-12H,3,9-10,14H2,1-2H3,(H,35,36)(H,29,30,31). The summed E-state index contributed by atoms with van der Waals surface area (Å²) in [6.07, 6.45) is 0. The Kier molecular flexibility index (Phi) is 8.53. The van der Waals surface area contributed by atoms with Gasteiger partial charge >= 0.3 is 29.5 Å². The van der Waals surface area contributed by atoms with E-state index in [9.17, 15) is 30.1 Å². The molecule has 1 aromatic heterocycles. The molecule has 1 aliphatic heterocycles. The highest BCUT2D eigenvalue weighted by molar-refractivity contribution is 5.99. The number of carbonyl (C=O) groups is 2. The Balaban J connectivity index is 1.75. The number of anilines is 1. The number of aromatic nitrogens is 2. The molecule has 41 heavy (non-hydrogen) atoms. The van der Waals surface area contributed by atoms with E-state index in [-0.39, 0.29) is 35.2 Å². The predicted octanol–water partition coefficient (Wildman–Crippen LogP) is 3.21. The first kappa shape index (κ1) is 28.2. The van der Waals surface area contributed by atoms with Gasteiger partial charge in [0.25, 0.3) is 0 Å². The molecule has 0 saturated carbocycles. The number of ether oxygens (including phenoxy) is 3. The second kappa shape index (κ2) is 12.4. The van der Waals surface area contributed by atoms with Crippen molar-refractivity contribution >= 4 is 29.3 Å². The summed E-state index contributed by atoms with van der Waals surface area (Å²) >= 11 is 0. The Hall–Kier alpha value is -5.78. The minimum atomic E-state index is -1.40. The van der Waals surface area contributed by atoms with Crippen LogP contribution in [0.25, 0.3) is 0 Å². The predicted molar refractivity (Wildman–Crippen MR) is 143 cm³/mol. The highest BCUT2D eigenvalue weighted by Gasteiger charge is 2.29. The molecular weight excluding hydrogens is 538 g/mol. The summed E-state index contributed by atoms with van der Waals surface area (Å²) in [6.45, 7) is 2.65. The maximum Gasteiger partial charge on any atom is 0.373 e. The van der Waals surface area contributed by atoms with Crippen molar-refractivity contribution in [1.82, 2.24) is 14.9 Å². The molecule has 210 valence electrons. The number of likely N-dealkylation sites (N-methyl/N-ethyl adjacent to an activating group) is 1. The Bertz CT molecular complexity index is 1580. The molecular formula is C26H23N7O8. The van der Waals surface area contributed by atoms with Crippen LogP contribution in [0.4, 0.5) is 11.5 Å². The van der Waals surface area contributed by atoms with Gasteiger partial charge in [0.05, 0.1) is 29.2 Å². The van der Waals surface area contributed by atoms with Gasteiger partial charge in [-0.05, 0) is 37.3 Å². The molecule has 0 unspecified atom stereocenters. The number of nitrogens with zero attached hydrogens (tertiary/aromatic N) is 6. The zero-order valence-electron chi connectivity index (χ0n) is 21.9. The van der Waals surface area contributed by atoms with Crippen LogP contribution < -0.4 is 14.8 Å². The minimum Gasteiger partial charge on any atom is -0.478 e. The van der Waals surface area contributed by atoms with E-state index < -0.39 is 40.8 Å². The lowest BCUT2D eigenvalue weighted by Gasteiger charge is -2.15. The number of hydrogen-bond acceptors (Lipinski definition) is 13. The number of hydrogen-bond donors (Lipinski definition) is 2. The van der Waals surface area contributed by atoms with Crippen LogP contribution in [-0.2, 0) is 9.53 Å². The van der Waals surface area contributed by atoms with Crippen molar-refractivity contribution < 1.29 is 33.8 Å². The maximum atomic E-state index is 12.1. The van der Waals surface area contributed by atoms with Gasteiger partial charge in [-0.25, -0.2) is 4.79 Å². The van der Waals surface area contributed by atoms with Crippen molar-refractivity contribution in [3.63, 3.8) is 0 Å². The van der Waals surface area contributed by atoms with Crippen LogP contribution in [0.1, 0.15) is 28.4 Å². The zero-order chi connectivity index (χ0) is 29.5. The van der Waals surface area contributed by atoms with Crippen LogP contribution in [-0.4, -0.2) is 76.0 Å². The fourth-order valence-electron chi connectivity index (χ4n) is 3.81. The third-order valence-corrected chi connectivity index (χ3v) is 5.64. The third-order valence-electron chi connectivity index (χ3n) is 5.64. The van der Waals surface area contributed by atoms with Gasteiger partial charge in [0.15, 0.2) is 0 Å². The van der Waals surface area contributed by atoms with E-state index in [0.717, 1.165) is 24.0 Å². The molecule has 15 heteroatoms. The van der Waals surface area contributed by atoms with Crippen LogP contribution in [0.3, 0.4) is 0 Å². The average Bonchev–Trinajstić information content (AvgIpc) is 3.37. The molecule has 0 fully saturated rings. The molecule has 0 bridgehead atoms. The topological polar surface area (TPSA) is 202 Å². The number of aliphatic imine (C=N–C) groups is 1. The molecule has 3 aromatic rings. The molecule has 4 rings (SSSR count). The van der Waals surface area contributed by atoms with Crippen LogP contribution in [0.5, 0.6) is 23.4 Å². The second-order valence-electron chi connectivity index (χ2n) is 8.41. The first-order chi connectivity index (χ1) is 19.7. The Morgan fingerprint density at radius 1 is 1.20 bits per heavy atom. The molecule has 2 heterocycles. The van der Waals surface area contributed by atoms with Gasteiger partial charge < -0.3 is 29.5 Å². The molecule has 2 aromatic carbocycles. The molecule has 0 aliphatic carbocycles. The SMILES string of the molecule is CCOC(=O)CNc1nc(Oc2cccc(C3=NCCN3C)c2)nc(Oc2ccc(C#N)c(C(=O)O)c2)c1[N+](=O)[O-]. The fraction of sp³-hybridized carbons (Fsp3) is 0.231. The lowest BCUT2D eigenvalue weighted by Crippen LogP contribution is -2.23. The van der Waals surface area contributed by atoms with Crippen molar-refractivity contribution in [1.29, 1.82) is 5.26 Å². The summed E-state index contributed by atoms with van der Waals surface area (Å²) in [5.41, 5.74) is -0.505. The van der Waals surface area contributed by atoms with E-state index in [1.807, 2.05) is 18.0 Å². The number of amidine groups is 1. The van der Waals surface area contributed by atoms with Crippen molar-refractivity contribution in [3.05, 3.63) is 69.3 Å². The lowest BCUT2D eigenvalue weighted by atomic mass is 10.1. The van der Waals surface area contributed by atoms with Gasteiger partial charge in [-0.2, -0.15) is 15.2 Å². The van der Waals surface area contributed by atoms with Gasteiger partial charge in [-0.1, -0.05) is 12.1 Å². The quantitative estimate of drug-likeness (QED) is 0.196. The second-order valence-corrected chi connectivity index (χ2v) is 8.41. The number of carbonyl (C=O) groups excluding carboxylic acids is 1. The lowest BCUT2D eigenvalue weighted by molar-refractivity contribution is -0.385. The number of carboxylic acids is 1. The summed E-state index contributed by atoms with van der Waals surface area (Å²) < 4.78 is 16.3. The highest BCUT2D eigenvalue weighted by atomic mass is 16.6. The van der Waals surface area contributed by atoms with Gasteiger partial charge in [0.1, 0.15) is 29.9 Å².